The number of nitrogens with zero attached hydrogens (tertiary/aromatic N) is 4. The number of furan rings is 1. The Morgan fingerprint density at radius 3 is 2.88 bits per heavy atom. The molecule has 0 fully saturated rings. The van der Waals surface area contributed by atoms with Gasteiger partial charge in [0.2, 0.25) is 5.91 Å². The van der Waals surface area contributed by atoms with E-state index in [1.807, 2.05) is 24.6 Å². The van der Waals surface area contributed by atoms with Crippen molar-refractivity contribution in [2.45, 2.75) is 25.4 Å². The van der Waals surface area contributed by atoms with Gasteiger partial charge in [0.25, 0.3) is 0 Å². The van der Waals surface area contributed by atoms with E-state index in [0.717, 1.165) is 22.3 Å². The largest absolute Gasteiger partial charge is 0.469 e. The molecule has 1 N–H and O–H groups in total. The summed E-state index contributed by atoms with van der Waals surface area (Å²) in [5.41, 5.74) is 0.913. The van der Waals surface area contributed by atoms with E-state index in [-0.39, 0.29) is 5.91 Å². The predicted molar refractivity (Wildman–Crippen MR) is 88.7 cm³/mol. The molecule has 0 aromatic carbocycles. The van der Waals surface area contributed by atoms with E-state index in [1.165, 1.54) is 11.8 Å². The summed E-state index contributed by atoms with van der Waals surface area (Å²) in [6, 6.07) is 3.54. The first-order valence-corrected chi connectivity index (χ1v) is 8.33. The number of carbonyl (C=O) groups excluding carboxylic acids is 1. The minimum Gasteiger partial charge on any atom is -0.469 e. The number of rotatable bonds is 6. The second-order valence-electron chi connectivity index (χ2n) is 5.23. The Morgan fingerprint density at radius 1 is 1.38 bits per heavy atom. The van der Waals surface area contributed by atoms with Crippen molar-refractivity contribution in [3.8, 4) is 11.4 Å². The number of hydrogen-bond acceptors (Lipinski definition) is 7. The number of hydrogen-bond donors (Lipinski definition) is 1. The van der Waals surface area contributed by atoms with Crippen molar-refractivity contribution in [2.24, 2.45) is 7.05 Å². The highest BCUT2D eigenvalue weighted by molar-refractivity contribution is 7.99. The van der Waals surface area contributed by atoms with E-state index < -0.39 is 0 Å². The third kappa shape index (κ3) is 3.51. The van der Waals surface area contributed by atoms with E-state index in [4.69, 9.17) is 8.94 Å². The van der Waals surface area contributed by atoms with Gasteiger partial charge in [0.15, 0.2) is 16.8 Å². The minimum atomic E-state index is -0.121. The lowest BCUT2D eigenvalue weighted by Crippen LogP contribution is -2.12. The summed E-state index contributed by atoms with van der Waals surface area (Å²) in [5, 5.41) is 15.5. The Hall–Kier alpha value is -2.55. The van der Waals surface area contributed by atoms with Crippen molar-refractivity contribution in [3.63, 3.8) is 0 Å². The second-order valence-corrected chi connectivity index (χ2v) is 6.29. The lowest BCUT2D eigenvalue weighted by Gasteiger charge is -2.03. The first kappa shape index (κ1) is 16.3. The highest BCUT2D eigenvalue weighted by Crippen LogP contribution is 2.26. The molecule has 0 saturated carbocycles. The average molecular weight is 347 g/mol. The average Bonchev–Trinajstić information content (AvgIpc) is 3.22. The van der Waals surface area contributed by atoms with Crippen LogP contribution in [0.25, 0.3) is 11.4 Å². The fourth-order valence-corrected chi connectivity index (χ4v) is 3.01. The molecular weight excluding hydrogens is 330 g/mol. The lowest BCUT2D eigenvalue weighted by atomic mass is 10.2. The predicted octanol–water partition coefficient (Wildman–Crippen LogP) is 2.80. The van der Waals surface area contributed by atoms with Crippen molar-refractivity contribution >= 4 is 23.5 Å². The summed E-state index contributed by atoms with van der Waals surface area (Å²) < 4.78 is 12.1. The topological polar surface area (TPSA) is 99.0 Å². The monoisotopic (exact) mass is 347 g/mol. The van der Waals surface area contributed by atoms with E-state index in [1.54, 1.807) is 19.3 Å². The van der Waals surface area contributed by atoms with Crippen LogP contribution in [0.2, 0.25) is 0 Å². The molecule has 3 aromatic heterocycles. The maximum absolute atomic E-state index is 11.9. The Morgan fingerprint density at radius 2 is 2.21 bits per heavy atom. The number of aromatic nitrogens is 4. The van der Waals surface area contributed by atoms with Gasteiger partial charge in [0.1, 0.15) is 11.5 Å². The zero-order chi connectivity index (χ0) is 17.1. The highest BCUT2D eigenvalue weighted by atomic mass is 32.2. The molecule has 0 unspecified atom stereocenters. The van der Waals surface area contributed by atoms with Gasteiger partial charge < -0.3 is 18.8 Å². The molecular formula is C15H17N5O3S. The summed E-state index contributed by atoms with van der Waals surface area (Å²) in [5.74, 6) is 3.08. The van der Waals surface area contributed by atoms with Gasteiger partial charge in [-0.05, 0) is 19.9 Å². The molecule has 0 saturated heterocycles. The van der Waals surface area contributed by atoms with Gasteiger partial charge in [-0.2, -0.15) is 0 Å². The molecule has 0 radical (unpaired) electrons. The van der Waals surface area contributed by atoms with Gasteiger partial charge in [0, 0.05) is 25.3 Å². The maximum Gasteiger partial charge on any atom is 0.226 e. The van der Waals surface area contributed by atoms with Gasteiger partial charge in [-0.15, -0.1) is 10.2 Å². The summed E-state index contributed by atoms with van der Waals surface area (Å²) in [7, 11) is 1.89. The van der Waals surface area contributed by atoms with Crippen LogP contribution in [0, 0.1) is 13.8 Å². The molecule has 9 heteroatoms. The number of nitrogens with one attached hydrogen (secondary N) is 1. The van der Waals surface area contributed by atoms with E-state index in [2.05, 4.69) is 20.7 Å². The molecule has 3 aromatic rings. The van der Waals surface area contributed by atoms with Gasteiger partial charge in [-0.3, -0.25) is 4.79 Å². The quantitative estimate of drug-likeness (QED) is 0.684. The van der Waals surface area contributed by atoms with Crippen molar-refractivity contribution < 1.29 is 13.7 Å². The van der Waals surface area contributed by atoms with Crippen LogP contribution in [0.5, 0.6) is 0 Å². The summed E-state index contributed by atoms with van der Waals surface area (Å²) in [6.45, 7) is 3.65. The summed E-state index contributed by atoms with van der Waals surface area (Å²) in [4.78, 5) is 11.9. The van der Waals surface area contributed by atoms with Crippen LogP contribution in [0.4, 0.5) is 5.82 Å². The third-order valence-corrected chi connectivity index (χ3v) is 4.41. The molecule has 0 bridgehead atoms. The molecule has 0 spiro atoms. The molecule has 0 atom stereocenters. The fourth-order valence-electron chi connectivity index (χ4n) is 2.16. The highest BCUT2D eigenvalue weighted by Gasteiger charge is 2.15. The molecule has 0 aliphatic heterocycles. The van der Waals surface area contributed by atoms with E-state index >= 15 is 0 Å². The standard InChI is InChI=1S/C15H17N5O3S/c1-9-8-12(19-23-9)16-13(21)5-7-24-15-18-17-14(20(15)3)11-4-6-22-10(11)2/h4,6,8H,5,7H2,1-3H3,(H,16,19,21). The van der Waals surface area contributed by atoms with Crippen LogP contribution in [0.1, 0.15) is 17.9 Å². The van der Waals surface area contributed by atoms with Gasteiger partial charge >= 0.3 is 0 Å². The van der Waals surface area contributed by atoms with Gasteiger partial charge in [-0.25, -0.2) is 0 Å². The Kier molecular flexibility index (Phi) is 4.70. The van der Waals surface area contributed by atoms with Crippen LogP contribution < -0.4 is 5.32 Å². The van der Waals surface area contributed by atoms with Crippen molar-refractivity contribution in [1.82, 2.24) is 19.9 Å². The molecule has 3 heterocycles. The SMILES string of the molecule is Cc1cc(NC(=O)CCSc2nnc(-c3ccoc3C)n2C)no1. The molecule has 0 aliphatic carbocycles. The summed E-state index contributed by atoms with van der Waals surface area (Å²) >= 11 is 1.47. The van der Waals surface area contributed by atoms with Gasteiger partial charge in [0.05, 0.1) is 11.8 Å². The molecule has 1 amide bonds. The van der Waals surface area contributed by atoms with E-state index in [0.29, 0.717) is 23.8 Å². The molecule has 0 aliphatic rings. The molecule has 3 rings (SSSR count). The Balaban J connectivity index is 1.55. The first-order chi connectivity index (χ1) is 11.5. The van der Waals surface area contributed by atoms with Crippen molar-refractivity contribution in [1.29, 1.82) is 0 Å². The van der Waals surface area contributed by atoms with Crippen molar-refractivity contribution in [3.05, 3.63) is 29.9 Å². The lowest BCUT2D eigenvalue weighted by molar-refractivity contribution is -0.115. The van der Waals surface area contributed by atoms with E-state index in [9.17, 15) is 4.79 Å². The van der Waals surface area contributed by atoms with Crippen LogP contribution in [0.15, 0.2) is 32.5 Å². The zero-order valence-electron chi connectivity index (χ0n) is 13.6. The smallest absolute Gasteiger partial charge is 0.226 e. The van der Waals surface area contributed by atoms with Crippen LogP contribution in [-0.4, -0.2) is 31.6 Å². The van der Waals surface area contributed by atoms with Crippen molar-refractivity contribution in [2.75, 3.05) is 11.1 Å². The fraction of sp³-hybridized carbons (Fsp3) is 0.333. The molecule has 24 heavy (non-hydrogen) atoms. The number of aryl methyl sites for hydroxylation is 2. The zero-order valence-corrected chi connectivity index (χ0v) is 14.4. The van der Waals surface area contributed by atoms with Crippen LogP contribution in [-0.2, 0) is 11.8 Å². The first-order valence-electron chi connectivity index (χ1n) is 7.34. The maximum atomic E-state index is 11.9. The minimum absolute atomic E-state index is 0.121. The number of carbonyl (C=O) groups is 1. The second kappa shape index (κ2) is 6.91. The van der Waals surface area contributed by atoms with Crippen LogP contribution >= 0.6 is 11.8 Å². The normalized spacial score (nSPS) is 11.0. The molecule has 126 valence electrons. The number of amides is 1. The Labute approximate surface area is 142 Å². The third-order valence-electron chi connectivity index (χ3n) is 3.39. The summed E-state index contributed by atoms with van der Waals surface area (Å²) in [6.07, 6.45) is 1.96. The van der Waals surface area contributed by atoms with Crippen LogP contribution in [0.3, 0.4) is 0 Å². The number of thioether (sulfide) groups is 1. The molecule has 8 nitrogen and oxygen atoms in total. The number of anilines is 1. The Bertz CT molecular complexity index is 851. The van der Waals surface area contributed by atoms with Gasteiger partial charge in [-0.1, -0.05) is 16.9 Å².